The van der Waals surface area contributed by atoms with Gasteiger partial charge in [0, 0.05) is 0 Å². The first-order valence-corrected chi connectivity index (χ1v) is 10.3. The molecule has 0 aliphatic rings. The summed E-state index contributed by atoms with van der Waals surface area (Å²) in [4.78, 5) is 0. The summed E-state index contributed by atoms with van der Waals surface area (Å²) >= 11 is 0. The van der Waals surface area contributed by atoms with Gasteiger partial charge in [-0.25, -0.2) is 0 Å². The molecule has 30 heavy (non-hydrogen) atoms. The van der Waals surface area contributed by atoms with Gasteiger partial charge in [0.25, 0.3) is 0 Å². The van der Waals surface area contributed by atoms with Crippen molar-refractivity contribution < 1.29 is 4.74 Å². The Morgan fingerprint density at radius 3 is 1.73 bits per heavy atom. The van der Waals surface area contributed by atoms with E-state index in [1.807, 2.05) is 0 Å². The smallest absolute Gasteiger partial charge is 0.119 e. The van der Waals surface area contributed by atoms with Gasteiger partial charge >= 0.3 is 0 Å². The first-order chi connectivity index (χ1) is 14.8. The van der Waals surface area contributed by atoms with Crippen LogP contribution in [-0.4, -0.2) is 7.11 Å². The second kappa shape index (κ2) is 5.61. The zero-order chi connectivity index (χ0) is 19.8. The van der Waals surface area contributed by atoms with Crippen LogP contribution in [0.25, 0.3) is 64.6 Å². The molecule has 0 atom stereocenters. The van der Waals surface area contributed by atoms with Gasteiger partial charge < -0.3 is 4.74 Å². The summed E-state index contributed by atoms with van der Waals surface area (Å²) in [7, 11) is 1.72. The van der Waals surface area contributed by atoms with Gasteiger partial charge in [0.2, 0.25) is 0 Å². The van der Waals surface area contributed by atoms with Gasteiger partial charge in [-0.2, -0.15) is 0 Å². The quantitative estimate of drug-likeness (QED) is 0.206. The number of ether oxygens (including phenoxy) is 1. The maximum atomic E-state index is 5.48. The van der Waals surface area contributed by atoms with Gasteiger partial charge in [0.15, 0.2) is 0 Å². The van der Waals surface area contributed by atoms with Crippen LogP contribution in [-0.2, 0) is 0 Å². The number of benzene rings is 7. The number of fused-ring (bicyclic) bond motifs is 7. The summed E-state index contributed by atoms with van der Waals surface area (Å²) in [6.45, 7) is 0. The van der Waals surface area contributed by atoms with Crippen molar-refractivity contribution in [1.82, 2.24) is 0 Å². The average Bonchev–Trinajstić information content (AvgIpc) is 2.81. The predicted octanol–water partition coefficient (Wildman–Crippen LogP) is 8.05. The SMILES string of the molecule is COc1ccc2c(ccc3ccc4c5cccc6ccc7cccc(c7c65)c4c32)c1. The maximum Gasteiger partial charge on any atom is 0.119 e. The van der Waals surface area contributed by atoms with E-state index in [4.69, 9.17) is 4.74 Å². The number of methoxy groups -OCH3 is 1. The van der Waals surface area contributed by atoms with E-state index in [1.54, 1.807) is 7.11 Å². The van der Waals surface area contributed by atoms with Crippen LogP contribution in [0.5, 0.6) is 5.75 Å². The average molecular weight is 382 g/mol. The largest absolute Gasteiger partial charge is 0.497 e. The number of rotatable bonds is 1. The lowest BCUT2D eigenvalue weighted by Crippen LogP contribution is -1.89. The van der Waals surface area contributed by atoms with E-state index in [0.29, 0.717) is 0 Å². The molecule has 7 rings (SSSR count). The molecular weight excluding hydrogens is 364 g/mol. The second-order valence-corrected chi connectivity index (χ2v) is 8.11. The Bertz CT molecular complexity index is 1780. The third kappa shape index (κ3) is 1.92. The van der Waals surface area contributed by atoms with Crippen LogP contribution < -0.4 is 4.74 Å². The topological polar surface area (TPSA) is 9.23 Å². The molecule has 0 spiro atoms. The molecule has 1 heteroatoms. The molecule has 0 aliphatic carbocycles. The highest BCUT2D eigenvalue weighted by Crippen LogP contribution is 2.44. The fourth-order valence-corrected chi connectivity index (χ4v) is 5.35. The summed E-state index contributed by atoms with van der Waals surface area (Å²) < 4.78 is 5.48. The van der Waals surface area contributed by atoms with Gasteiger partial charge in [-0.15, -0.1) is 0 Å². The third-order valence-electron chi connectivity index (χ3n) is 6.65. The summed E-state index contributed by atoms with van der Waals surface area (Å²) in [6.07, 6.45) is 0. The Morgan fingerprint density at radius 1 is 0.433 bits per heavy atom. The van der Waals surface area contributed by atoms with Gasteiger partial charge in [-0.3, -0.25) is 0 Å². The molecule has 7 aromatic rings. The maximum absolute atomic E-state index is 5.48. The molecule has 0 aliphatic heterocycles. The lowest BCUT2D eigenvalue weighted by Gasteiger charge is -2.17. The fraction of sp³-hybridized carbons (Fsp3) is 0.0345. The third-order valence-corrected chi connectivity index (χ3v) is 6.65. The molecule has 0 aromatic heterocycles. The van der Waals surface area contributed by atoms with Crippen LogP contribution in [0, 0.1) is 0 Å². The highest BCUT2D eigenvalue weighted by atomic mass is 16.5. The van der Waals surface area contributed by atoms with E-state index in [1.165, 1.54) is 64.6 Å². The second-order valence-electron chi connectivity index (χ2n) is 8.11. The highest BCUT2D eigenvalue weighted by molar-refractivity contribution is 6.39. The standard InChI is InChI=1S/C29H18O/c1-30-21-13-15-22-20(16-21)11-10-19-12-14-24-23-6-2-4-17-8-9-18-5-3-7-25(28(18)27(17)23)29(24)26(19)22/h2-16H,1H3. The molecule has 0 unspecified atom stereocenters. The Labute approximate surface area is 173 Å². The summed E-state index contributed by atoms with van der Waals surface area (Å²) in [5.41, 5.74) is 0. The Morgan fingerprint density at radius 2 is 0.967 bits per heavy atom. The molecule has 0 amide bonds. The van der Waals surface area contributed by atoms with Crippen LogP contribution in [0.4, 0.5) is 0 Å². The molecule has 0 saturated carbocycles. The lowest BCUT2D eigenvalue weighted by molar-refractivity contribution is 0.415. The van der Waals surface area contributed by atoms with Crippen molar-refractivity contribution in [2.24, 2.45) is 0 Å². The van der Waals surface area contributed by atoms with E-state index < -0.39 is 0 Å². The van der Waals surface area contributed by atoms with Gasteiger partial charge in [-0.1, -0.05) is 78.9 Å². The molecular formula is C29H18O. The van der Waals surface area contributed by atoms with Crippen molar-refractivity contribution in [1.29, 1.82) is 0 Å². The first-order valence-electron chi connectivity index (χ1n) is 10.3. The minimum absolute atomic E-state index is 0.892. The molecule has 1 nitrogen and oxygen atoms in total. The zero-order valence-electron chi connectivity index (χ0n) is 16.6. The monoisotopic (exact) mass is 382 g/mol. The lowest BCUT2D eigenvalue weighted by atomic mass is 9.86. The predicted molar refractivity (Wildman–Crippen MR) is 129 cm³/mol. The molecule has 0 fully saturated rings. The van der Waals surface area contributed by atoms with E-state index >= 15 is 0 Å². The number of hydrogen-bond acceptors (Lipinski definition) is 1. The van der Waals surface area contributed by atoms with Crippen LogP contribution in [0.3, 0.4) is 0 Å². The van der Waals surface area contributed by atoms with Gasteiger partial charge in [0.1, 0.15) is 5.75 Å². The first kappa shape index (κ1) is 16.0. The Hall–Kier alpha value is -3.84. The van der Waals surface area contributed by atoms with E-state index in [2.05, 4.69) is 91.0 Å². The van der Waals surface area contributed by atoms with Crippen LogP contribution >= 0.6 is 0 Å². The van der Waals surface area contributed by atoms with Crippen molar-refractivity contribution >= 4 is 64.6 Å². The van der Waals surface area contributed by atoms with Crippen molar-refractivity contribution in [3.63, 3.8) is 0 Å². The normalized spacial score (nSPS) is 12.2. The molecule has 7 aromatic carbocycles. The summed E-state index contributed by atoms with van der Waals surface area (Å²) in [5.74, 6) is 0.892. The van der Waals surface area contributed by atoms with Crippen LogP contribution in [0.2, 0.25) is 0 Å². The molecule has 0 heterocycles. The molecule has 0 N–H and O–H groups in total. The van der Waals surface area contributed by atoms with Crippen molar-refractivity contribution in [3.8, 4) is 5.75 Å². The Balaban J connectivity index is 1.86. The van der Waals surface area contributed by atoms with Gasteiger partial charge in [-0.05, 0) is 76.8 Å². The molecule has 0 radical (unpaired) electrons. The van der Waals surface area contributed by atoms with E-state index in [0.717, 1.165) is 5.75 Å². The van der Waals surface area contributed by atoms with Crippen molar-refractivity contribution in [2.45, 2.75) is 0 Å². The molecule has 0 saturated heterocycles. The molecule has 140 valence electrons. The minimum Gasteiger partial charge on any atom is -0.497 e. The zero-order valence-corrected chi connectivity index (χ0v) is 16.6. The summed E-state index contributed by atoms with van der Waals surface area (Å²) in [5, 5.41) is 15.8. The molecule has 0 bridgehead atoms. The van der Waals surface area contributed by atoms with Crippen LogP contribution in [0.1, 0.15) is 0 Å². The highest BCUT2D eigenvalue weighted by Gasteiger charge is 2.16. The van der Waals surface area contributed by atoms with Crippen LogP contribution in [0.15, 0.2) is 91.0 Å². The fourth-order valence-electron chi connectivity index (χ4n) is 5.35. The van der Waals surface area contributed by atoms with Crippen molar-refractivity contribution in [2.75, 3.05) is 7.11 Å². The van der Waals surface area contributed by atoms with E-state index in [-0.39, 0.29) is 0 Å². The van der Waals surface area contributed by atoms with E-state index in [9.17, 15) is 0 Å². The van der Waals surface area contributed by atoms with Crippen molar-refractivity contribution in [3.05, 3.63) is 91.0 Å². The Kier molecular flexibility index (Phi) is 2.99. The minimum atomic E-state index is 0.892. The summed E-state index contributed by atoms with van der Waals surface area (Å²) in [6, 6.07) is 33.3. The number of hydrogen-bond donors (Lipinski definition) is 0. The van der Waals surface area contributed by atoms with Gasteiger partial charge in [0.05, 0.1) is 7.11 Å².